The van der Waals surface area contributed by atoms with Crippen molar-refractivity contribution < 1.29 is 14.3 Å². The van der Waals surface area contributed by atoms with Crippen molar-refractivity contribution in [3.8, 4) is 22.5 Å². The summed E-state index contributed by atoms with van der Waals surface area (Å²) in [5.41, 5.74) is 8.51. The molecule has 2 N–H and O–H groups in total. The van der Waals surface area contributed by atoms with E-state index in [1.165, 1.54) is 5.56 Å². The average molecular weight is 540 g/mol. The number of nitrogens with zero attached hydrogens (tertiary/aromatic N) is 1. The monoisotopic (exact) mass is 539 g/mol. The number of fused-ring (bicyclic) bond motifs is 2. The lowest BCUT2D eigenvalue weighted by atomic mass is 9.90. The third-order valence-electron chi connectivity index (χ3n) is 7.50. The molecule has 2 aliphatic rings. The van der Waals surface area contributed by atoms with E-state index >= 15 is 0 Å². The summed E-state index contributed by atoms with van der Waals surface area (Å²) in [5.74, 6) is -0.274. The fourth-order valence-electron chi connectivity index (χ4n) is 5.42. The number of carboxylic acid groups (broad SMARTS) is 1. The van der Waals surface area contributed by atoms with Crippen LogP contribution in [0.25, 0.3) is 33.4 Å². The van der Waals surface area contributed by atoms with Crippen LogP contribution in [0.4, 0.5) is 17.1 Å². The zero-order valence-corrected chi connectivity index (χ0v) is 23.3. The van der Waals surface area contributed by atoms with Crippen molar-refractivity contribution in [2.75, 3.05) is 11.9 Å². The largest absolute Gasteiger partial charge is 0.478 e. The summed E-state index contributed by atoms with van der Waals surface area (Å²) in [6, 6.07) is 35.9. The molecule has 4 aromatic rings. The molecule has 1 aliphatic carbocycles. The van der Waals surface area contributed by atoms with Crippen molar-refractivity contribution in [3.63, 3.8) is 0 Å². The molecule has 4 aromatic carbocycles. The molecule has 0 spiro atoms. The Morgan fingerprint density at radius 1 is 0.829 bits per heavy atom. The SMILES string of the molecule is CC/[N+](c1ccc(C)cc1)=c1/ccc2c(-c3ccccc3C(=O)O)c3cc(Nc4ccccc4)c(C)cc3oc-2c1. The van der Waals surface area contributed by atoms with E-state index in [1.54, 1.807) is 12.1 Å². The van der Waals surface area contributed by atoms with Gasteiger partial charge in [0, 0.05) is 46.1 Å². The third kappa shape index (κ3) is 4.98. The lowest BCUT2D eigenvalue weighted by Gasteiger charge is -2.19. The molecule has 0 amide bonds. The maximum absolute atomic E-state index is 12.4. The van der Waals surface area contributed by atoms with Gasteiger partial charge >= 0.3 is 5.97 Å². The molecular formula is C36H31N2O3+. The highest BCUT2D eigenvalue weighted by Crippen LogP contribution is 2.43. The summed E-state index contributed by atoms with van der Waals surface area (Å²) >= 11 is 0. The molecule has 6 rings (SSSR count). The van der Waals surface area contributed by atoms with Gasteiger partial charge in [-0.15, -0.1) is 0 Å². The Balaban J connectivity index is 1.66. The highest BCUT2D eigenvalue weighted by Gasteiger charge is 2.23. The van der Waals surface area contributed by atoms with Crippen molar-refractivity contribution in [2.45, 2.75) is 20.8 Å². The summed E-state index contributed by atoms with van der Waals surface area (Å²) in [6.07, 6.45) is 0. The van der Waals surface area contributed by atoms with Gasteiger partial charge in [0.15, 0.2) is 0 Å². The van der Waals surface area contributed by atoms with Gasteiger partial charge in [-0.3, -0.25) is 0 Å². The Morgan fingerprint density at radius 2 is 1.56 bits per heavy atom. The number of aryl methyl sites for hydroxylation is 2. The van der Waals surface area contributed by atoms with E-state index in [9.17, 15) is 9.90 Å². The Morgan fingerprint density at radius 3 is 2.29 bits per heavy atom. The number of hydrogen-bond acceptors (Lipinski definition) is 3. The quantitative estimate of drug-likeness (QED) is 0.165. The lowest BCUT2D eigenvalue weighted by molar-refractivity contribution is 0.0697. The molecule has 202 valence electrons. The fourth-order valence-corrected chi connectivity index (χ4v) is 5.42. The van der Waals surface area contributed by atoms with E-state index in [-0.39, 0.29) is 5.56 Å². The minimum Gasteiger partial charge on any atom is -0.478 e. The molecule has 0 saturated carbocycles. The first-order chi connectivity index (χ1) is 19.9. The van der Waals surface area contributed by atoms with Crippen LogP contribution in [0.3, 0.4) is 0 Å². The molecule has 0 radical (unpaired) electrons. The minimum absolute atomic E-state index is 0.248. The number of carbonyl (C=O) groups is 1. The molecule has 0 fully saturated rings. The van der Waals surface area contributed by atoms with Crippen molar-refractivity contribution in [2.24, 2.45) is 0 Å². The van der Waals surface area contributed by atoms with E-state index in [0.717, 1.165) is 51.0 Å². The van der Waals surface area contributed by atoms with Gasteiger partial charge in [-0.2, -0.15) is 4.58 Å². The second-order valence-electron chi connectivity index (χ2n) is 10.2. The molecule has 1 aliphatic heterocycles. The Hall–Kier alpha value is -5.16. The van der Waals surface area contributed by atoms with Crippen LogP contribution in [0.5, 0.6) is 0 Å². The van der Waals surface area contributed by atoms with Crippen molar-refractivity contribution in [1.29, 1.82) is 0 Å². The van der Waals surface area contributed by atoms with Crippen LogP contribution in [-0.4, -0.2) is 17.6 Å². The van der Waals surface area contributed by atoms with Crippen molar-refractivity contribution >= 4 is 34.0 Å². The first-order valence-electron chi connectivity index (χ1n) is 13.8. The van der Waals surface area contributed by atoms with Gasteiger partial charge in [0.25, 0.3) is 0 Å². The predicted molar refractivity (Wildman–Crippen MR) is 166 cm³/mol. The first-order valence-corrected chi connectivity index (χ1v) is 13.8. The number of para-hydroxylation sites is 1. The second kappa shape index (κ2) is 10.8. The minimum atomic E-state index is -0.967. The van der Waals surface area contributed by atoms with Gasteiger partial charge in [0.05, 0.1) is 11.6 Å². The Kier molecular flexibility index (Phi) is 6.86. The highest BCUT2D eigenvalue weighted by atomic mass is 16.4. The summed E-state index contributed by atoms with van der Waals surface area (Å²) < 4.78 is 8.82. The molecule has 0 unspecified atom stereocenters. The van der Waals surface area contributed by atoms with Crippen LogP contribution in [0.2, 0.25) is 0 Å². The van der Waals surface area contributed by atoms with Gasteiger partial charge in [-0.05, 0) is 68.3 Å². The van der Waals surface area contributed by atoms with Crippen LogP contribution >= 0.6 is 0 Å². The molecule has 1 heterocycles. The molecular weight excluding hydrogens is 508 g/mol. The highest BCUT2D eigenvalue weighted by molar-refractivity contribution is 6.08. The number of carboxylic acids is 1. The number of hydrogen-bond donors (Lipinski definition) is 2. The molecule has 0 saturated heterocycles. The van der Waals surface area contributed by atoms with Crippen molar-refractivity contribution in [1.82, 2.24) is 4.58 Å². The third-order valence-corrected chi connectivity index (χ3v) is 7.50. The summed E-state index contributed by atoms with van der Waals surface area (Å²) in [7, 11) is 0. The topological polar surface area (TPSA) is 65.5 Å². The van der Waals surface area contributed by atoms with E-state index in [0.29, 0.717) is 16.9 Å². The van der Waals surface area contributed by atoms with Crippen LogP contribution in [0.15, 0.2) is 114 Å². The van der Waals surface area contributed by atoms with Crippen LogP contribution in [0, 0.1) is 13.8 Å². The van der Waals surface area contributed by atoms with Gasteiger partial charge in [0.1, 0.15) is 17.9 Å². The summed E-state index contributed by atoms with van der Waals surface area (Å²) in [4.78, 5) is 12.4. The smallest absolute Gasteiger partial charge is 0.336 e. The van der Waals surface area contributed by atoms with E-state index in [2.05, 4.69) is 66.2 Å². The van der Waals surface area contributed by atoms with Gasteiger partial charge < -0.3 is 14.8 Å². The van der Waals surface area contributed by atoms with Crippen molar-refractivity contribution in [3.05, 3.63) is 131 Å². The van der Waals surface area contributed by atoms with Crippen LogP contribution < -0.4 is 15.2 Å². The van der Waals surface area contributed by atoms with Crippen LogP contribution in [-0.2, 0) is 0 Å². The molecule has 5 nitrogen and oxygen atoms in total. The Labute approximate surface area is 239 Å². The maximum Gasteiger partial charge on any atom is 0.336 e. The molecule has 0 atom stereocenters. The normalized spacial score (nSPS) is 12.0. The summed E-state index contributed by atoms with van der Waals surface area (Å²) in [5, 5.41) is 15.5. The maximum atomic E-state index is 12.4. The number of nitrogens with one attached hydrogen (secondary N) is 1. The van der Waals surface area contributed by atoms with Gasteiger partial charge in [-0.1, -0.05) is 54.1 Å². The van der Waals surface area contributed by atoms with E-state index in [4.69, 9.17) is 4.42 Å². The number of aromatic carboxylic acids is 1. The molecule has 0 bridgehead atoms. The zero-order valence-electron chi connectivity index (χ0n) is 23.3. The zero-order chi connectivity index (χ0) is 28.5. The lowest BCUT2D eigenvalue weighted by Crippen LogP contribution is -2.25. The average Bonchev–Trinajstić information content (AvgIpc) is 2.98. The fraction of sp³-hybridized carbons (Fsp3) is 0.111. The van der Waals surface area contributed by atoms with Crippen LogP contribution in [0.1, 0.15) is 28.4 Å². The predicted octanol–water partition coefficient (Wildman–Crippen LogP) is 8.39. The Bertz CT molecular complexity index is 1940. The molecule has 0 aromatic heterocycles. The first kappa shape index (κ1) is 26.1. The van der Waals surface area contributed by atoms with E-state index in [1.807, 2.05) is 61.5 Å². The van der Waals surface area contributed by atoms with Gasteiger partial charge in [0.2, 0.25) is 11.0 Å². The molecule has 5 heteroatoms. The standard InChI is InChI=1S/C36H30N2O3/c1-4-38(26-16-14-23(2)15-17-26)27-18-19-30-34(21-27)41-33-20-24(3)32(37-25-10-6-5-7-11-25)22-31(33)35(30)28-12-8-9-13-29(28)36(39)40/h5-22,37H,4H2,1-3H3/p+1/b38-27+. The number of benzene rings is 5. The number of anilines is 2. The second-order valence-corrected chi connectivity index (χ2v) is 10.2. The number of rotatable bonds is 6. The van der Waals surface area contributed by atoms with E-state index < -0.39 is 5.97 Å². The summed E-state index contributed by atoms with van der Waals surface area (Å²) in [6.45, 7) is 7.03. The van der Waals surface area contributed by atoms with Gasteiger partial charge in [-0.25, -0.2) is 4.79 Å². The molecule has 41 heavy (non-hydrogen) atoms.